The molecule has 0 heterocycles. The summed E-state index contributed by atoms with van der Waals surface area (Å²) in [4.78, 5) is 4.99. The van der Waals surface area contributed by atoms with Crippen LogP contribution < -0.4 is 10.6 Å². The lowest BCUT2D eigenvalue weighted by Crippen LogP contribution is -2.37. The number of nitrogens with one attached hydrogen (secondary N) is 2. The molecular formula is C23H31N3O3S. The van der Waals surface area contributed by atoms with Crippen LogP contribution in [0.25, 0.3) is 0 Å². The van der Waals surface area contributed by atoms with Gasteiger partial charge in [-0.25, -0.2) is 13.4 Å². The van der Waals surface area contributed by atoms with Crippen molar-refractivity contribution in [3.8, 4) is 5.75 Å². The number of hydrogen-bond acceptors (Lipinski definition) is 4. The Morgan fingerprint density at radius 1 is 1.13 bits per heavy atom. The molecule has 0 unspecified atom stereocenters. The second-order valence-corrected chi connectivity index (χ2v) is 9.81. The molecule has 0 radical (unpaired) electrons. The molecule has 0 aromatic heterocycles. The summed E-state index contributed by atoms with van der Waals surface area (Å²) < 4.78 is 23.6. The van der Waals surface area contributed by atoms with Crippen molar-refractivity contribution in [2.75, 3.05) is 12.8 Å². The SMILES string of the molecule is CCNC(=NCc1ccc(S(C)(=O)=O)c(C)c1)NCc1c(O)ccc2c1CCCC2. The van der Waals surface area contributed by atoms with E-state index in [9.17, 15) is 13.5 Å². The summed E-state index contributed by atoms with van der Waals surface area (Å²) in [6.07, 6.45) is 5.64. The summed E-state index contributed by atoms with van der Waals surface area (Å²) in [5.74, 6) is 0.987. The Morgan fingerprint density at radius 2 is 1.90 bits per heavy atom. The van der Waals surface area contributed by atoms with E-state index in [0.29, 0.717) is 29.7 Å². The van der Waals surface area contributed by atoms with Crippen molar-refractivity contribution in [2.24, 2.45) is 4.99 Å². The fourth-order valence-electron chi connectivity index (χ4n) is 4.00. The Bertz CT molecular complexity index is 1050. The van der Waals surface area contributed by atoms with E-state index in [1.165, 1.54) is 23.8 Å². The summed E-state index contributed by atoms with van der Waals surface area (Å²) in [7, 11) is -3.23. The minimum Gasteiger partial charge on any atom is -0.508 e. The maximum absolute atomic E-state index is 11.8. The highest BCUT2D eigenvalue weighted by atomic mass is 32.2. The van der Waals surface area contributed by atoms with E-state index in [2.05, 4.69) is 15.6 Å². The van der Waals surface area contributed by atoms with Crippen molar-refractivity contribution in [2.45, 2.75) is 57.5 Å². The largest absolute Gasteiger partial charge is 0.508 e. The van der Waals surface area contributed by atoms with Crippen molar-refractivity contribution < 1.29 is 13.5 Å². The lowest BCUT2D eigenvalue weighted by molar-refractivity contribution is 0.464. The zero-order valence-corrected chi connectivity index (χ0v) is 18.8. The minimum absolute atomic E-state index is 0.325. The molecule has 3 N–H and O–H groups in total. The number of phenols is 1. The van der Waals surface area contributed by atoms with E-state index in [0.717, 1.165) is 42.5 Å². The zero-order valence-electron chi connectivity index (χ0n) is 18.0. The Morgan fingerprint density at radius 3 is 2.60 bits per heavy atom. The highest BCUT2D eigenvalue weighted by molar-refractivity contribution is 7.90. The number of rotatable bonds is 6. The molecule has 1 aliphatic rings. The summed E-state index contributed by atoms with van der Waals surface area (Å²) in [5.41, 5.74) is 5.21. The van der Waals surface area contributed by atoms with Crippen LogP contribution in [-0.2, 0) is 35.8 Å². The Labute approximate surface area is 179 Å². The fourth-order valence-corrected chi connectivity index (χ4v) is 4.96. The number of guanidine groups is 1. The molecule has 0 atom stereocenters. The predicted octanol–water partition coefficient (Wildman–Crippen LogP) is 3.24. The normalized spacial score (nSPS) is 14.3. The molecule has 2 aromatic carbocycles. The van der Waals surface area contributed by atoms with Crippen molar-refractivity contribution in [1.29, 1.82) is 0 Å². The first-order chi connectivity index (χ1) is 14.3. The van der Waals surface area contributed by atoms with Crippen LogP contribution in [-0.4, -0.2) is 32.3 Å². The molecule has 0 spiro atoms. The van der Waals surface area contributed by atoms with Crippen molar-refractivity contribution in [1.82, 2.24) is 10.6 Å². The number of aliphatic imine (C=N–C) groups is 1. The number of aromatic hydroxyl groups is 1. The average molecular weight is 430 g/mol. The van der Waals surface area contributed by atoms with Gasteiger partial charge in [0.05, 0.1) is 11.4 Å². The van der Waals surface area contributed by atoms with Gasteiger partial charge in [0.2, 0.25) is 0 Å². The van der Waals surface area contributed by atoms with Crippen LogP contribution in [0.1, 0.15) is 47.6 Å². The van der Waals surface area contributed by atoms with Crippen LogP contribution in [0.5, 0.6) is 5.75 Å². The molecule has 1 aliphatic carbocycles. The van der Waals surface area contributed by atoms with Crippen LogP contribution in [0.4, 0.5) is 0 Å². The van der Waals surface area contributed by atoms with Gasteiger partial charge in [-0.15, -0.1) is 0 Å². The molecule has 162 valence electrons. The molecule has 0 saturated heterocycles. The standard InChI is InChI=1S/C23H31N3O3S/c1-4-24-23(25-14-17-9-12-22(16(2)13-17)30(3,28)29)26-15-20-19-8-6-5-7-18(19)10-11-21(20)27/h9-13,27H,4-8,14-15H2,1-3H3,(H2,24,25,26). The first kappa shape index (κ1) is 22.2. The van der Waals surface area contributed by atoms with E-state index in [1.54, 1.807) is 25.1 Å². The number of phenolic OH excluding ortho intramolecular Hbond substituents is 1. The molecule has 3 rings (SSSR count). The third kappa shape index (κ3) is 5.33. The Hall–Kier alpha value is -2.54. The highest BCUT2D eigenvalue weighted by Crippen LogP contribution is 2.30. The first-order valence-electron chi connectivity index (χ1n) is 10.4. The monoisotopic (exact) mass is 429 g/mol. The molecule has 0 saturated carbocycles. The van der Waals surface area contributed by atoms with E-state index in [1.807, 2.05) is 19.1 Å². The van der Waals surface area contributed by atoms with Gasteiger partial charge >= 0.3 is 0 Å². The second-order valence-electron chi connectivity index (χ2n) is 7.83. The van der Waals surface area contributed by atoms with E-state index < -0.39 is 9.84 Å². The first-order valence-corrected chi connectivity index (χ1v) is 12.3. The second kappa shape index (κ2) is 9.51. The van der Waals surface area contributed by atoms with Gasteiger partial charge in [-0.1, -0.05) is 18.2 Å². The number of hydrogen-bond donors (Lipinski definition) is 3. The molecule has 7 heteroatoms. The van der Waals surface area contributed by atoms with Crippen molar-refractivity contribution in [3.05, 3.63) is 58.1 Å². The van der Waals surface area contributed by atoms with Gasteiger partial charge in [-0.3, -0.25) is 0 Å². The summed E-state index contributed by atoms with van der Waals surface area (Å²) in [5, 5.41) is 17.0. The van der Waals surface area contributed by atoms with Gasteiger partial charge in [0.25, 0.3) is 0 Å². The molecule has 0 amide bonds. The van der Waals surface area contributed by atoms with Gasteiger partial charge in [0.15, 0.2) is 15.8 Å². The zero-order chi connectivity index (χ0) is 21.7. The van der Waals surface area contributed by atoms with E-state index in [4.69, 9.17) is 0 Å². The number of nitrogens with zero attached hydrogens (tertiary/aromatic N) is 1. The van der Waals surface area contributed by atoms with Gasteiger partial charge in [0, 0.05) is 24.9 Å². The van der Waals surface area contributed by atoms with Crippen LogP contribution in [0, 0.1) is 6.92 Å². The van der Waals surface area contributed by atoms with Gasteiger partial charge in [-0.05, 0) is 73.9 Å². The van der Waals surface area contributed by atoms with E-state index >= 15 is 0 Å². The van der Waals surface area contributed by atoms with Crippen LogP contribution in [0.15, 0.2) is 40.2 Å². The van der Waals surface area contributed by atoms with Gasteiger partial charge < -0.3 is 15.7 Å². The highest BCUT2D eigenvalue weighted by Gasteiger charge is 2.16. The smallest absolute Gasteiger partial charge is 0.191 e. The molecule has 0 bridgehead atoms. The third-order valence-electron chi connectivity index (χ3n) is 5.46. The lowest BCUT2D eigenvalue weighted by Gasteiger charge is -2.21. The molecule has 0 aliphatic heterocycles. The van der Waals surface area contributed by atoms with Crippen LogP contribution >= 0.6 is 0 Å². The van der Waals surface area contributed by atoms with Gasteiger partial charge in [0.1, 0.15) is 5.75 Å². The summed E-state index contributed by atoms with van der Waals surface area (Å²) in [6, 6.07) is 9.13. The lowest BCUT2D eigenvalue weighted by atomic mass is 9.88. The number of fused-ring (bicyclic) bond motifs is 1. The van der Waals surface area contributed by atoms with Crippen LogP contribution in [0.3, 0.4) is 0 Å². The Balaban J connectivity index is 1.74. The maximum Gasteiger partial charge on any atom is 0.191 e. The van der Waals surface area contributed by atoms with Crippen LogP contribution in [0.2, 0.25) is 0 Å². The fraction of sp³-hybridized carbons (Fsp3) is 0.435. The molecule has 6 nitrogen and oxygen atoms in total. The summed E-state index contributed by atoms with van der Waals surface area (Å²) >= 11 is 0. The molecule has 2 aromatic rings. The number of benzene rings is 2. The van der Waals surface area contributed by atoms with E-state index in [-0.39, 0.29) is 0 Å². The van der Waals surface area contributed by atoms with Crippen molar-refractivity contribution >= 4 is 15.8 Å². The molecule has 30 heavy (non-hydrogen) atoms. The quantitative estimate of drug-likeness (QED) is 0.484. The predicted molar refractivity (Wildman–Crippen MR) is 121 cm³/mol. The Kier molecular flexibility index (Phi) is 7.02. The third-order valence-corrected chi connectivity index (χ3v) is 6.72. The maximum atomic E-state index is 11.8. The topological polar surface area (TPSA) is 90.8 Å². The summed E-state index contributed by atoms with van der Waals surface area (Å²) in [6.45, 7) is 5.46. The molecule has 0 fully saturated rings. The molecular weight excluding hydrogens is 398 g/mol. The number of sulfone groups is 1. The van der Waals surface area contributed by atoms with Gasteiger partial charge in [-0.2, -0.15) is 0 Å². The van der Waals surface area contributed by atoms with Crippen molar-refractivity contribution in [3.63, 3.8) is 0 Å². The average Bonchev–Trinajstić information content (AvgIpc) is 2.70. The number of aryl methyl sites for hydroxylation is 2. The minimum atomic E-state index is -3.23.